The third-order valence-corrected chi connectivity index (χ3v) is 3.85. The maximum atomic E-state index is 13.0. The van der Waals surface area contributed by atoms with Crippen LogP contribution in [0.4, 0.5) is 4.39 Å². The molecule has 1 aromatic heterocycles. The molecule has 0 amide bonds. The maximum absolute atomic E-state index is 13.0. The van der Waals surface area contributed by atoms with E-state index in [2.05, 4.69) is 11.4 Å². The Morgan fingerprint density at radius 2 is 1.76 bits per heavy atom. The first kappa shape index (κ1) is 19.0. The Hall–Kier alpha value is -2.30. The average molecular weight is 362 g/mol. The van der Waals surface area contributed by atoms with Crippen molar-refractivity contribution in [3.05, 3.63) is 77.8 Å². The Morgan fingerprint density at radius 3 is 2.52 bits per heavy atom. The van der Waals surface area contributed by atoms with Gasteiger partial charge in [0, 0.05) is 5.56 Å². The number of hydrogen-bond acceptors (Lipinski definition) is 3. The van der Waals surface area contributed by atoms with Crippen molar-refractivity contribution in [2.45, 2.75) is 13.0 Å². The third-order valence-electron chi connectivity index (χ3n) is 3.85. The van der Waals surface area contributed by atoms with E-state index in [0.29, 0.717) is 6.54 Å². The number of hydrogen-bond donors (Lipinski definition) is 1. The molecule has 0 fully saturated rings. The summed E-state index contributed by atoms with van der Waals surface area (Å²) in [4.78, 5) is 0. The minimum absolute atomic E-state index is 0. The Morgan fingerprint density at radius 1 is 1.00 bits per heavy atom. The minimum Gasteiger partial charge on any atom is -0.496 e. The molecule has 3 aromatic rings. The molecule has 25 heavy (non-hydrogen) atoms. The average Bonchev–Trinajstić information content (AvgIpc) is 3.08. The summed E-state index contributed by atoms with van der Waals surface area (Å²) < 4.78 is 24.1. The second-order valence-corrected chi connectivity index (χ2v) is 5.51. The van der Waals surface area contributed by atoms with E-state index >= 15 is 0 Å². The molecule has 0 saturated heterocycles. The molecule has 0 aliphatic rings. The number of benzene rings is 2. The van der Waals surface area contributed by atoms with Crippen LogP contribution >= 0.6 is 12.4 Å². The first-order chi connectivity index (χ1) is 11.8. The SMILES string of the molecule is COc1ccccc1CCNCc1ccc(-c2ccc(F)cc2)o1.Cl. The molecule has 0 bridgehead atoms. The third kappa shape index (κ3) is 5.08. The number of methoxy groups -OCH3 is 1. The van der Waals surface area contributed by atoms with E-state index in [1.807, 2.05) is 30.3 Å². The number of para-hydroxylation sites is 1. The zero-order chi connectivity index (χ0) is 16.8. The summed E-state index contributed by atoms with van der Waals surface area (Å²) >= 11 is 0. The molecule has 0 spiro atoms. The standard InChI is InChI=1S/C20H20FNO2.ClH/c1-23-19-5-3-2-4-15(19)12-13-22-14-18-10-11-20(24-18)16-6-8-17(21)9-7-16;/h2-11,22H,12-14H2,1H3;1H. The first-order valence-electron chi connectivity index (χ1n) is 7.93. The number of nitrogens with one attached hydrogen (secondary N) is 1. The molecular weight excluding hydrogens is 341 g/mol. The van der Waals surface area contributed by atoms with Crippen LogP contribution in [0.15, 0.2) is 65.1 Å². The highest BCUT2D eigenvalue weighted by atomic mass is 35.5. The van der Waals surface area contributed by atoms with Crippen LogP contribution in [0.2, 0.25) is 0 Å². The van der Waals surface area contributed by atoms with Gasteiger partial charge in [-0.3, -0.25) is 0 Å². The summed E-state index contributed by atoms with van der Waals surface area (Å²) in [5.74, 6) is 2.27. The van der Waals surface area contributed by atoms with Gasteiger partial charge < -0.3 is 14.5 Å². The molecule has 0 radical (unpaired) electrons. The highest BCUT2D eigenvalue weighted by Crippen LogP contribution is 2.22. The molecule has 132 valence electrons. The van der Waals surface area contributed by atoms with Crippen LogP contribution in [0.3, 0.4) is 0 Å². The minimum atomic E-state index is -0.247. The van der Waals surface area contributed by atoms with Crippen molar-refractivity contribution in [1.82, 2.24) is 5.32 Å². The van der Waals surface area contributed by atoms with Gasteiger partial charge in [0.2, 0.25) is 0 Å². The fraction of sp³-hybridized carbons (Fsp3) is 0.200. The van der Waals surface area contributed by atoms with E-state index < -0.39 is 0 Å². The number of ether oxygens (including phenoxy) is 1. The molecular formula is C20H21ClFNO2. The summed E-state index contributed by atoms with van der Waals surface area (Å²) in [6.45, 7) is 1.48. The Balaban J connectivity index is 0.00000225. The van der Waals surface area contributed by atoms with Crippen LogP contribution in [-0.4, -0.2) is 13.7 Å². The van der Waals surface area contributed by atoms with E-state index in [1.165, 1.54) is 17.7 Å². The van der Waals surface area contributed by atoms with Gasteiger partial charge in [-0.1, -0.05) is 18.2 Å². The largest absolute Gasteiger partial charge is 0.496 e. The van der Waals surface area contributed by atoms with E-state index in [1.54, 1.807) is 19.2 Å². The molecule has 3 rings (SSSR count). The second-order valence-electron chi connectivity index (χ2n) is 5.51. The van der Waals surface area contributed by atoms with Gasteiger partial charge >= 0.3 is 0 Å². The van der Waals surface area contributed by atoms with Crippen LogP contribution in [0.25, 0.3) is 11.3 Å². The van der Waals surface area contributed by atoms with Crippen molar-refractivity contribution in [2.24, 2.45) is 0 Å². The van der Waals surface area contributed by atoms with Crippen molar-refractivity contribution in [2.75, 3.05) is 13.7 Å². The molecule has 0 unspecified atom stereocenters. The summed E-state index contributed by atoms with van der Waals surface area (Å²) in [5.41, 5.74) is 2.05. The van der Waals surface area contributed by atoms with Crippen molar-refractivity contribution < 1.29 is 13.5 Å². The molecule has 0 aliphatic carbocycles. The van der Waals surface area contributed by atoms with Crippen LogP contribution in [0, 0.1) is 5.82 Å². The van der Waals surface area contributed by atoms with Crippen molar-refractivity contribution in [3.63, 3.8) is 0 Å². The molecule has 1 heterocycles. The zero-order valence-corrected chi connectivity index (χ0v) is 14.8. The van der Waals surface area contributed by atoms with Gasteiger partial charge in [0.15, 0.2) is 0 Å². The second kappa shape index (κ2) is 9.25. The van der Waals surface area contributed by atoms with Gasteiger partial charge in [-0.2, -0.15) is 0 Å². The van der Waals surface area contributed by atoms with Crippen LogP contribution in [-0.2, 0) is 13.0 Å². The fourth-order valence-corrected chi connectivity index (χ4v) is 2.59. The predicted octanol–water partition coefficient (Wildman–Crippen LogP) is 4.85. The molecule has 3 nitrogen and oxygen atoms in total. The molecule has 0 aliphatic heterocycles. The normalized spacial score (nSPS) is 10.3. The van der Waals surface area contributed by atoms with Gasteiger partial charge in [0.25, 0.3) is 0 Å². The Labute approximate surface area is 153 Å². The lowest BCUT2D eigenvalue weighted by atomic mass is 10.1. The Bertz CT molecular complexity index is 786. The van der Waals surface area contributed by atoms with Gasteiger partial charge in [0.1, 0.15) is 23.1 Å². The molecule has 1 N–H and O–H groups in total. The lowest BCUT2D eigenvalue weighted by molar-refractivity contribution is 0.408. The molecule has 2 aromatic carbocycles. The first-order valence-corrected chi connectivity index (χ1v) is 7.93. The zero-order valence-electron chi connectivity index (χ0n) is 14.0. The number of halogens is 2. The van der Waals surface area contributed by atoms with E-state index in [9.17, 15) is 4.39 Å². The summed E-state index contributed by atoms with van der Waals surface area (Å²) in [7, 11) is 1.69. The molecule has 5 heteroatoms. The monoisotopic (exact) mass is 361 g/mol. The Kier molecular flexibility index (Phi) is 7.04. The van der Waals surface area contributed by atoms with Crippen molar-refractivity contribution in [1.29, 1.82) is 0 Å². The predicted molar refractivity (Wildman–Crippen MR) is 99.8 cm³/mol. The van der Waals surface area contributed by atoms with Crippen molar-refractivity contribution in [3.8, 4) is 17.1 Å². The van der Waals surface area contributed by atoms with Gasteiger partial charge in [0.05, 0.1) is 13.7 Å². The molecule has 0 atom stereocenters. The number of rotatable bonds is 7. The van der Waals surface area contributed by atoms with Crippen LogP contribution < -0.4 is 10.1 Å². The smallest absolute Gasteiger partial charge is 0.134 e. The summed E-state index contributed by atoms with van der Waals surface area (Å²) in [6, 6.07) is 18.2. The molecule has 0 saturated carbocycles. The highest BCUT2D eigenvalue weighted by Gasteiger charge is 2.05. The highest BCUT2D eigenvalue weighted by molar-refractivity contribution is 5.85. The van der Waals surface area contributed by atoms with E-state index in [0.717, 1.165) is 35.8 Å². The van der Waals surface area contributed by atoms with E-state index in [4.69, 9.17) is 9.15 Å². The maximum Gasteiger partial charge on any atom is 0.134 e. The lowest BCUT2D eigenvalue weighted by Crippen LogP contribution is -2.16. The topological polar surface area (TPSA) is 34.4 Å². The van der Waals surface area contributed by atoms with Gasteiger partial charge in [-0.05, 0) is 61.0 Å². The van der Waals surface area contributed by atoms with Crippen molar-refractivity contribution >= 4 is 12.4 Å². The van der Waals surface area contributed by atoms with Gasteiger partial charge in [-0.25, -0.2) is 4.39 Å². The number of furan rings is 1. The lowest BCUT2D eigenvalue weighted by Gasteiger charge is -2.08. The summed E-state index contributed by atoms with van der Waals surface area (Å²) in [6.07, 6.45) is 0.884. The van der Waals surface area contributed by atoms with Crippen LogP contribution in [0.1, 0.15) is 11.3 Å². The van der Waals surface area contributed by atoms with E-state index in [-0.39, 0.29) is 18.2 Å². The van der Waals surface area contributed by atoms with Gasteiger partial charge in [-0.15, -0.1) is 12.4 Å². The summed E-state index contributed by atoms with van der Waals surface area (Å²) in [5, 5.41) is 3.37. The van der Waals surface area contributed by atoms with Crippen LogP contribution in [0.5, 0.6) is 5.75 Å². The quantitative estimate of drug-likeness (QED) is 0.611. The fourth-order valence-electron chi connectivity index (χ4n) is 2.59.